The normalized spacial score (nSPS) is 30.9. The lowest BCUT2D eigenvalue weighted by Crippen LogP contribution is -2.41. The maximum Gasteiger partial charge on any atom is 0.0954 e. The second kappa shape index (κ2) is 6.03. The van der Waals surface area contributed by atoms with Gasteiger partial charge in [0.1, 0.15) is 0 Å². The van der Waals surface area contributed by atoms with E-state index in [9.17, 15) is 0 Å². The molecule has 1 fully saturated rings. The second-order valence-electron chi connectivity index (χ2n) is 6.16. The Balaban J connectivity index is 1.80. The van der Waals surface area contributed by atoms with Crippen LogP contribution in [0.3, 0.4) is 0 Å². The van der Waals surface area contributed by atoms with Gasteiger partial charge in [0.25, 0.3) is 0 Å². The summed E-state index contributed by atoms with van der Waals surface area (Å²) in [4.78, 5) is 4.78. The minimum Gasteiger partial charge on any atom is -0.375 e. The molecule has 5 atom stereocenters. The lowest BCUT2D eigenvalue weighted by atomic mass is 9.82. The van der Waals surface area contributed by atoms with Gasteiger partial charge in [0.15, 0.2) is 0 Å². The van der Waals surface area contributed by atoms with Gasteiger partial charge in [-0.3, -0.25) is 0 Å². The van der Waals surface area contributed by atoms with Crippen molar-refractivity contribution >= 4 is 21.6 Å². The van der Waals surface area contributed by atoms with Gasteiger partial charge >= 0.3 is 0 Å². The molecule has 1 aliphatic heterocycles. The van der Waals surface area contributed by atoms with Gasteiger partial charge in [0.05, 0.1) is 27.4 Å². The fourth-order valence-corrected chi connectivity index (χ4v) is 4.64. The predicted octanol–water partition coefficient (Wildman–Crippen LogP) is 3.49. The highest BCUT2D eigenvalue weighted by Crippen LogP contribution is 2.36. The van der Waals surface area contributed by atoms with Crippen molar-refractivity contribution in [2.45, 2.75) is 45.4 Å². The number of nitrogens with one attached hydrogen (secondary N) is 1. The summed E-state index contributed by atoms with van der Waals surface area (Å²) >= 11 is 1.81. The first-order valence-corrected chi connectivity index (χ1v) is 8.59. The van der Waals surface area contributed by atoms with Gasteiger partial charge in [0.2, 0.25) is 0 Å². The van der Waals surface area contributed by atoms with Crippen molar-refractivity contribution in [1.82, 2.24) is 10.3 Å². The maximum atomic E-state index is 6.01. The van der Waals surface area contributed by atoms with E-state index < -0.39 is 0 Å². The predicted molar refractivity (Wildman–Crippen MR) is 88.8 cm³/mol. The number of benzene rings is 1. The van der Waals surface area contributed by atoms with E-state index in [1.165, 1.54) is 9.71 Å². The Bertz CT molecular complexity index is 579. The molecular weight excluding hydrogens is 280 g/mol. The monoisotopic (exact) mass is 304 g/mol. The van der Waals surface area contributed by atoms with Crippen LogP contribution in [-0.4, -0.2) is 30.3 Å². The molecule has 1 aliphatic rings. The van der Waals surface area contributed by atoms with Crippen molar-refractivity contribution in [3.63, 3.8) is 0 Å². The minimum atomic E-state index is 0.307. The van der Waals surface area contributed by atoms with Gasteiger partial charge in [0, 0.05) is 18.4 Å². The van der Waals surface area contributed by atoms with Crippen LogP contribution in [0.1, 0.15) is 25.8 Å². The van der Waals surface area contributed by atoms with Gasteiger partial charge in [-0.2, -0.15) is 0 Å². The van der Waals surface area contributed by atoms with Crippen LogP contribution in [0.4, 0.5) is 0 Å². The molecule has 2 aromatic rings. The molecule has 3 nitrogen and oxygen atoms in total. The molecular formula is C17H24N2OS. The molecule has 1 aromatic heterocycles. The molecule has 3 rings (SSSR count). The van der Waals surface area contributed by atoms with Crippen molar-refractivity contribution in [3.8, 4) is 0 Å². The first-order chi connectivity index (χ1) is 10.1. The van der Waals surface area contributed by atoms with E-state index in [-0.39, 0.29) is 0 Å². The summed E-state index contributed by atoms with van der Waals surface area (Å²) in [5.74, 6) is 1.11. The molecule has 0 radical (unpaired) electrons. The molecule has 4 heteroatoms. The fraction of sp³-hybridized carbons (Fsp3) is 0.588. The van der Waals surface area contributed by atoms with E-state index in [0.717, 1.165) is 11.9 Å². The molecule has 2 heterocycles. The van der Waals surface area contributed by atoms with Gasteiger partial charge in [-0.15, -0.1) is 11.3 Å². The molecule has 0 bridgehead atoms. The van der Waals surface area contributed by atoms with Crippen LogP contribution in [0.2, 0.25) is 0 Å². The molecule has 1 aromatic carbocycles. The standard InChI is InChI=1S/C17H24N2OS/c1-10-11(2)20-12(3)17(10)14(18-4)9-16-19-13-7-5-6-8-15(13)21-16/h5-8,10-12,14,17-18H,9H2,1-4H3. The van der Waals surface area contributed by atoms with E-state index in [1.54, 1.807) is 0 Å². The average Bonchev–Trinajstić information content (AvgIpc) is 2.98. The molecule has 1 saturated heterocycles. The van der Waals surface area contributed by atoms with Gasteiger partial charge < -0.3 is 10.1 Å². The Labute approximate surface area is 130 Å². The molecule has 114 valence electrons. The van der Waals surface area contributed by atoms with Crippen molar-refractivity contribution in [1.29, 1.82) is 0 Å². The third-order valence-electron chi connectivity index (χ3n) is 4.89. The molecule has 0 amide bonds. The van der Waals surface area contributed by atoms with Crippen LogP contribution in [0.5, 0.6) is 0 Å². The van der Waals surface area contributed by atoms with E-state index >= 15 is 0 Å². The zero-order valence-electron chi connectivity index (χ0n) is 13.2. The minimum absolute atomic E-state index is 0.307. The number of rotatable bonds is 4. The maximum absolute atomic E-state index is 6.01. The quantitative estimate of drug-likeness (QED) is 0.939. The zero-order valence-corrected chi connectivity index (χ0v) is 14.0. The highest BCUT2D eigenvalue weighted by molar-refractivity contribution is 7.18. The zero-order chi connectivity index (χ0) is 15.0. The van der Waals surface area contributed by atoms with Crippen molar-refractivity contribution < 1.29 is 4.74 Å². The summed E-state index contributed by atoms with van der Waals surface area (Å²) in [7, 11) is 2.06. The molecule has 5 unspecified atom stereocenters. The SMILES string of the molecule is CNC(Cc1nc2ccccc2s1)C1C(C)OC(C)C1C. The Morgan fingerprint density at radius 2 is 2.00 bits per heavy atom. The topological polar surface area (TPSA) is 34.2 Å². The summed E-state index contributed by atoms with van der Waals surface area (Å²) < 4.78 is 7.29. The number of hydrogen-bond acceptors (Lipinski definition) is 4. The van der Waals surface area contributed by atoms with Crippen molar-refractivity contribution in [2.75, 3.05) is 7.05 Å². The first kappa shape index (κ1) is 14.9. The Morgan fingerprint density at radius 1 is 1.24 bits per heavy atom. The molecule has 0 spiro atoms. The number of nitrogens with zero attached hydrogens (tertiary/aromatic N) is 1. The summed E-state index contributed by atoms with van der Waals surface area (Å²) in [6, 6.07) is 8.79. The summed E-state index contributed by atoms with van der Waals surface area (Å²) in [6.07, 6.45) is 1.63. The van der Waals surface area contributed by atoms with Gasteiger partial charge in [-0.25, -0.2) is 4.98 Å². The van der Waals surface area contributed by atoms with E-state index in [2.05, 4.69) is 57.4 Å². The number of aromatic nitrogens is 1. The second-order valence-corrected chi connectivity index (χ2v) is 7.27. The van der Waals surface area contributed by atoms with Crippen molar-refractivity contribution in [2.24, 2.45) is 11.8 Å². The third-order valence-corrected chi connectivity index (χ3v) is 5.95. The van der Waals surface area contributed by atoms with Crippen LogP contribution in [0.15, 0.2) is 24.3 Å². The number of likely N-dealkylation sites (N-methyl/N-ethyl adjacent to an activating group) is 1. The Morgan fingerprint density at radius 3 is 2.62 bits per heavy atom. The van der Waals surface area contributed by atoms with E-state index in [1.807, 2.05) is 11.3 Å². The third kappa shape index (κ3) is 2.85. The number of fused-ring (bicyclic) bond motifs is 1. The lowest BCUT2D eigenvalue weighted by Gasteiger charge is -2.28. The first-order valence-electron chi connectivity index (χ1n) is 7.77. The van der Waals surface area contributed by atoms with Crippen LogP contribution >= 0.6 is 11.3 Å². The Kier molecular flexibility index (Phi) is 4.29. The highest BCUT2D eigenvalue weighted by Gasteiger charge is 2.41. The fourth-order valence-electron chi connectivity index (χ4n) is 3.61. The highest BCUT2D eigenvalue weighted by atomic mass is 32.1. The van der Waals surface area contributed by atoms with Crippen LogP contribution in [0, 0.1) is 11.8 Å². The van der Waals surface area contributed by atoms with Crippen LogP contribution in [-0.2, 0) is 11.2 Å². The number of hydrogen-bond donors (Lipinski definition) is 1. The van der Waals surface area contributed by atoms with Crippen molar-refractivity contribution in [3.05, 3.63) is 29.3 Å². The van der Waals surface area contributed by atoms with Crippen LogP contribution in [0.25, 0.3) is 10.2 Å². The van der Waals surface area contributed by atoms with Gasteiger partial charge in [-0.05, 0) is 38.9 Å². The largest absolute Gasteiger partial charge is 0.375 e. The number of ether oxygens (including phenoxy) is 1. The van der Waals surface area contributed by atoms with E-state index in [0.29, 0.717) is 30.1 Å². The average molecular weight is 304 g/mol. The summed E-state index contributed by atoms with van der Waals surface area (Å²) in [5.41, 5.74) is 1.12. The molecule has 0 saturated carbocycles. The summed E-state index contributed by atoms with van der Waals surface area (Å²) in [5, 5.41) is 4.72. The lowest BCUT2D eigenvalue weighted by molar-refractivity contribution is 0.0479. The van der Waals surface area contributed by atoms with Gasteiger partial charge in [-0.1, -0.05) is 19.1 Å². The van der Waals surface area contributed by atoms with E-state index in [4.69, 9.17) is 9.72 Å². The molecule has 21 heavy (non-hydrogen) atoms. The Hall–Kier alpha value is -0.970. The number of thiazole rings is 1. The van der Waals surface area contributed by atoms with Crippen LogP contribution < -0.4 is 5.32 Å². The smallest absolute Gasteiger partial charge is 0.0954 e. The molecule has 0 aliphatic carbocycles. The summed E-state index contributed by atoms with van der Waals surface area (Å²) in [6.45, 7) is 6.69. The molecule has 1 N–H and O–H groups in total. The number of para-hydroxylation sites is 1.